The smallest absolute Gasteiger partial charge is 0.119 e. The van der Waals surface area contributed by atoms with E-state index < -0.39 is 0 Å². The van der Waals surface area contributed by atoms with Gasteiger partial charge in [0.25, 0.3) is 0 Å². The zero-order valence-electron chi connectivity index (χ0n) is 12.4. The minimum absolute atomic E-state index is 0.202. The lowest BCUT2D eigenvalue weighted by molar-refractivity contribution is 0.181. The summed E-state index contributed by atoms with van der Waals surface area (Å²) in [5.41, 5.74) is 1.26. The van der Waals surface area contributed by atoms with E-state index in [1.54, 1.807) is 0 Å². The molecule has 0 spiro atoms. The van der Waals surface area contributed by atoms with Crippen molar-refractivity contribution in [3.63, 3.8) is 0 Å². The Bertz CT molecular complexity index is 335. The van der Waals surface area contributed by atoms with Crippen LogP contribution in [0, 0.1) is 0 Å². The maximum Gasteiger partial charge on any atom is 0.119 e. The van der Waals surface area contributed by atoms with Crippen molar-refractivity contribution in [2.75, 3.05) is 13.2 Å². The third kappa shape index (κ3) is 6.60. The van der Waals surface area contributed by atoms with E-state index in [1.165, 1.54) is 5.56 Å². The monoisotopic (exact) mass is 265 g/mol. The second-order valence-corrected chi connectivity index (χ2v) is 5.08. The minimum atomic E-state index is -0.202. The fourth-order valence-electron chi connectivity index (χ4n) is 1.91. The minimum Gasteiger partial charge on any atom is -0.494 e. The van der Waals surface area contributed by atoms with Crippen LogP contribution in [0.4, 0.5) is 0 Å². The van der Waals surface area contributed by atoms with Gasteiger partial charge in [0, 0.05) is 6.04 Å². The van der Waals surface area contributed by atoms with Crippen LogP contribution in [0.5, 0.6) is 5.75 Å². The second-order valence-electron chi connectivity index (χ2n) is 5.08. The van der Waals surface area contributed by atoms with Crippen molar-refractivity contribution < 1.29 is 9.84 Å². The molecule has 0 heterocycles. The Labute approximate surface area is 117 Å². The fourth-order valence-corrected chi connectivity index (χ4v) is 1.91. The quantitative estimate of drug-likeness (QED) is 0.673. The molecule has 3 heteroatoms. The lowest BCUT2D eigenvalue weighted by atomic mass is 10.1. The van der Waals surface area contributed by atoms with Crippen molar-refractivity contribution in [1.29, 1.82) is 0 Å². The van der Waals surface area contributed by atoms with E-state index >= 15 is 0 Å². The van der Waals surface area contributed by atoms with Crippen LogP contribution in [0.15, 0.2) is 24.3 Å². The van der Waals surface area contributed by atoms with Crippen LogP contribution < -0.4 is 10.1 Å². The molecule has 2 atom stereocenters. The number of hydrogen-bond donors (Lipinski definition) is 2. The number of aliphatic hydroxyl groups excluding tert-OH is 1. The van der Waals surface area contributed by atoms with Gasteiger partial charge in [-0.05, 0) is 57.4 Å². The normalized spacial score (nSPS) is 14.1. The third-order valence-electron chi connectivity index (χ3n) is 3.10. The highest BCUT2D eigenvalue weighted by molar-refractivity contribution is 5.28. The van der Waals surface area contributed by atoms with E-state index in [1.807, 2.05) is 19.1 Å². The number of aliphatic hydroxyl groups is 1. The predicted octanol–water partition coefficient (Wildman–Crippen LogP) is 3.29. The second kappa shape index (κ2) is 8.94. The maximum atomic E-state index is 9.19. The summed E-state index contributed by atoms with van der Waals surface area (Å²) in [5, 5.41) is 12.7. The van der Waals surface area contributed by atoms with Gasteiger partial charge in [-0.1, -0.05) is 19.1 Å². The van der Waals surface area contributed by atoms with Gasteiger partial charge in [0.2, 0.25) is 0 Å². The predicted molar refractivity (Wildman–Crippen MR) is 79.6 cm³/mol. The Morgan fingerprint density at radius 1 is 1.21 bits per heavy atom. The van der Waals surface area contributed by atoms with Gasteiger partial charge in [0.1, 0.15) is 5.75 Å². The van der Waals surface area contributed by atoms with Crippen molar-refractivity contribution in [2.45, 2.75) is 52.2 Å². The largest absolute Gasteiger partial charge is 0.494 e. The van der Waals surface area contributed by atoms with Gasteiger partial charge in [-0.2, -0.15) is 0 Å². The van der Waals surface area contributed by atoms with Crippen LogP contribution in [-0.2, 0) is 0 Å². The summed E-state index contributed by atoms with van der Waals surface area (Å²) in [6.07, 6.45) is 2.68. The molecule has 0 bridgehead atoms. The zero-order chi connectivity index (χ0) is 14.1. The lowest BCUT2D eigenvalue weighted by Gasteiger charge is -2.15. The molecule has 19 heavy (non-hydrogen) atoms. The van der Waals surface area contributed by atoms with Gasteiger partial charge >= 0.3 is 0 Å². The maximum absolute atomic E-state index is 9.19. The van der Waals surface area contributed by atoms with E-state index in [4.69, 9.17) is 4.74 Å². The van der Waals surface area contributed by atoms with Crippen LogP contribution >= 0.6 is 0 Å². The summed E-state index contributed by atoms with van der Waals surface area (Å²) in [6.45, 7) is 7.79. The van der Waals surface area contributed by atoms with Gasteiger partial charge in [-0.15, -0.1) is 0 Å². The van der Waals surface area contributed by atoms with Crippen LogP contribution in [0.1, 0.15) is 51.6 Å². The third-order valence-corrected chi connectivity index (χ3v) is 3.10. The van der Waals surface area contributed by atoms with Gasteiger partial charge in [-0.25, -0.2) is 0 Å². The van der Waals surface area contributed by atoms with Gasteiger partial charge in [0.15, 0.2) is 0 Å². The van der Waals surface area contributed by atoms with Crippen LogP contribution in [0.25, 0.3) is 0 Å². The highest BCUT2D eigenvalue weighted by Crippen LogP contribution is 2.17. The molecule has 2 unspecified atom stereocenters. The summed E-state index contributed by atoms with van der Waals surface area (Å²) in [5.74, 6) is 0.937. The van der Waals surface area contributed by atoms with Crippen molar-refractivity contribution in [2.24, 2.45) is 0 Å². The Hall–Kier alpha value is -1.06. The zero-order valence-corrected chi connectivity index (χ0v) is 12.4. The van der Waals surface area contributed by atoms with Crippen LogP contribution in [0.3, 0.4) is 0 Å². The van der Waals surface area contributed by atoms with E-state index in [2.05, 4.69) is 31.3 Å². The van der Waals surface area contributed by atoms with E-state index in [-0.39, 0.29) is 6.10 Å². The van der Waals surface area contributed by atoms with E-state index in [0.29, 0.717) is 6.04 Å². The van der Waals surface area contributed by atoms with Crippen molar-refractivity contribution in [1.82, 2.24) is 5.32 Å². The first-order valence-corrected chi connectivity index (χ1v) is 7.27. The molecule has 0 aliphatic rings. The molecular formula is C16H27NO2. The Balaban J connectivity index is 2.33. The molecule has 2 N–H and O–H groups in total. The molecule has 1 rings (SSSR count). The Morgan fingerprint density at radius 2 is 1.89 bits per heavy atom. The molecule has 0 aliphatic heterocycles. The standard InChI is InChI=1S/C16H27NO2/c1-4-12-19-16-9-7-15(8-10-16)14(3)17-11-5-6-13(2)18/h7-10,13-14,17-18H,4-6,11-12H2,1-3H3. The van der Waals surface area contributed by atoms with Gasteiger partial charge in [-0.3, -0.25) is 0 Å². The molecule has 0 radical (unpaired) electrons. The molecular weight excluding hydrogens is 238 g/mol. The first kappa shape index (κ1) is 16.0. The molecule has 1 aromatic rings. The summed E-state index contributed by atoms with van der Waals surface area (Å²) in [7, 11) is 0. The molecule has 0 saturated heterocycles. The molecule has 3 nitrogen and oxygen atoms in total. The summed E-state index contributed by atoms with van der Waals surface area (Å²) < 4.78 is 5.57. The molecule has 0 fully saturated rings. The average Bonchev–Trinajstić information content (AvgIpc) is 2.41. The van der Waals surface area contributed by atoms with Gasteiger partial charge in [0.05, 0.1) is 12.7 Å². The van der Waals surface area contributed by atoms with E-state index in [0.717, 1.165) is 38.2 Å². The van der Waals surface area contributed by atoms with Crippen molar-refractivity contribution in [3.8, 4) is 5.75 Å². The topological polar surface area (TPSA) is 41.5 Å². The van der Waals surface area contributed by atoms with Crippen LogP contribution in [0.2, 0.25) is 0 Å². The number of hydrogen-bond acceptors (Lipinski definition) is 3. The molecule has 0 saturated carbocycles. The van der Waals surface area contributed by atoms with Crippen molar-refractivity contribution in [3.05, 3.63) is 29.8 Å². The van der Waals surface area contributed by atoms with Gasteiger partial charge < -0.3 is 15.2 Å². The summed E-state index contributed by atoms with van der Waals surface area (Å²) in [4.78, 5) is 0. The first-order valence-electron chi connectivity index (χ1n) is 7.27. The summed E-state index contributed by atoms with van der Waals surface area (Å²) >= 11 is 0. The SMILES string of the molecule is CCCOc1ccc(C(C)NCCCC(C)O)cc1. The molecule has 0 aromatic heterocycles. The Morgan fingerprint density at radius 3 is 2.47 bits per heavy atom. The molecule has 108 valence electrons. The highest BCUT2D eigenvalue weighted by atomic mass is 16.5. The number of benzene rings is 1. The molecule has 0 amide bonds. The highest BCUT2D eigenvalue weighted by Gasteiger charge is 2.05. The van der Waals surface area contributed by atoms with E-state index in [9.17, 15) is 5.11 Å². The molecule has 0 aliphatic carbocycles. The lowest BCUT2D eigenvalue weighted by Crippen LogP contribution is -2.20. The summed E-state index contributed by atoms with van der Waals surface area (Å²) in [6, 6.07) is 8.60. The Kier molecular flexibility index (Phi) is 7.53. The first-order chi connectivity index (χ1) is 9.13. The van der Waals surface area contributed by atoms with Crippen molar-refractivity contribution >= 4 is 0 Å². The molecule has 1 aromatic carbocycles. The average molecular weight is 265 g/mol. The number of ether oxygens (including phenoxy) is 1. The fraction of sp³-hybridized carbons (Fsp3) is 0.625. The number of nitrogens with one attached hydrogen (secondary N) is 1. The number of rotatable bonds is 9. The van der Waals surface area contributed by atoms with Crippen LogP contribution in [-0.4, -0.2) is 24.4 Å².